The minimum Gasteiger partial charge on any atom is -0.349 e. The number of hydrogen-bond acceptors (Lipinski definition) is 1. The molecule has 3 nitrogen and oxygen atoms in total. The van der Waals surface area contributed by atoms with E-state index in [1.54, 1.807) is 6.92 Å². The molecule has 0 bridgehead atoms. The molecule has 0 aliphatic rings. The largest absolute Gasteiger partial charge is 0.349 e. The normalized spacial score (nSPS) is 11.7. The lowest BCUT2D eigenvalue weighted by Gasteiger charge is -2.17. The minimum absolute atomic E-state index is 0.0916. The van der Waals surface area contributed by atoms with Gasteiger partial charge in [-0.15, -0.1) is 0 Å². The second kappa shape index (κ2) is 4.82. The number of amides is 1. The average molecular weight is 183 g/mol. The van der Waals surface area contributed by atoms with Crippen molar-refractivity contribution in [2.24, 2.45) is 0 Å². The quantitative estimate of drug-likeness (QED) is 0.509. The molecule has 0 aromatic carbocycles. The van der Waals surface area contributed by atoms with E-state index in [0.29, 0.717) is 12.1 Å². The number of hydrogen-bond donors (Lipinski definition) is 1. The molecule has 0 aliphatic carbocycles. The first-order chi connectivity index (χ1) is 5.83. The third-order valence-corrected chi connectivity index (χ3v) is 1.32. The van der Waals surface area contributed by atoms with Crippen molar-refractivity contribution in [1.82, 2.24) is 5.32 Å². The Morgan fingerprint density at radius 1 is 1.46 bits per heavy atom. The molecule has 0 aromatic rings. The summed E-state index contributed by atoms with van der Waals surface area (Å²) >= 11 is 0. The van der Waals surface area contributed by atoms with Crippen molar-refractivity contribution in [2.45, 2.75) is 6.92 Å². The molecule has 0 atom stereocenters. The number of nitrogens with one attached hydrogen (secondary N) is 1. The highest BCUT2D eigenvalue weighted by Crippen LogP contribution is 1.90. The molecular formula is C10H19N2O+. The van der Waals surface area contributed by atoms with Gasteiger partial charge in [0.2, 0.25) is 5.91 Å². The summed E-state index contributed by atoms with van der Waals surface area (Å²) in [5.41, 5.74) is 0.540. The number of carbonyl (C=O) groups excluding carboxylic acids is 1. The van der Waals surface area contributed by atoms with Crippen molar-refractivity contribution in [1.29, 1.82) is 0 Å². The van der Waals surface area contributed by atoms with Gasteiger partial charge >= 0.3 is 0 Å². The Morgan fingerprint density at radius 2 is 2.00 bits per heavy atom. The van der Waals surface area contributed by atoms with E-state index in [1.165, 1.54) is 0 Å². The molecule has 0 fully saturated rings. The van der Waals surface area contributed by atoms with Crippen LogP contribution in [0.15, 0.2) is 24.4 Å². The fourth-order valence-electron chi connectivity index (χ4n) is 0.671. The molecule has 3 heteroatoms. The monoisotopic (exact) mass is 183 g/mol. The van der Waals surface area contributed by atoms with Crippen molar-refractivity contribution in [3.63, 3.8) is 0 Å². The van der Waals surface area contributed by atoms with Crippen molar-refractivity contribution in [2.75, 3.05) is 27.7 Å². The van der Waals surface area contributed by atoms with Gasteiger partial charge in [0.15, 0.2) is 0 Å². The van der Waals surface area contributed by atoms with Crippen molar-refractivity contribution >= 4 is 5.91 Å². The van der Waals surface area contributed by atoms with Crippen molar-refractivity contribution in [3.8, 4) is 0 Å². The highest BCUT2D eigenvalue weighted by molar-refractivity contribution is 5.92. The Labute approximate surface area is 80.3 Å². The maximum atomic E-state index is 11.0. The van der Waals surface area contributed by atoms with E-state index in [2.05, 4.69) is 33.0 Å². The van der Waals surface area contributed by atoms with Crippen LogP contribution in [0.2, 0.25) is 0 Å². The van der Waals surface area contributed by atoms with Gasteiger partial charge in [0.1, 0.15) is 0 Å². The number of quaternary nitrogens is 1. The van der Waals surface area contributed by atoms with Crippen molar-refractivity contribution < 1.29 is 9.28 Å². The van der Waals surface area contributed by atoms with Crippen LogP contribution < -0.4 is 5.32 Å². The van der Waals surface area contributed by atoms with Gasteiger partial charge in [-0.05, 0) is 13.0 Å². The Balaban J connectivity index is 3.75. The first kappa shape index (κ1) is 11.9. The zero-order valence-corrected chi connectivity index (χ0v) is 8.92. The summed E-state index contributed by atoms with van der Waals surface area (Å²) in [6, 6.07) is 0. The third-order valence-electron chi connectivity index (χ3n) is 1.32. The van der Waals surface area contributed by atoms with E-state index in [0.717, 1.165) is 4.48 Å². The predicted octanol–water partition coefficient (Wildman–Crippen LogP) is 0.899. The molecule has 0 rings (SSSR count). The molecule has 1 N–H and O–H groups in total. The Kier molecular flexibility index (Phi) is 4.42. The van der Waals surface area contributed by atoms with Crippen LogP contribution in [0, 0.1) is 0 Å². The molecule has 13 heavy (non-hydrogen) atoms. The highest BCUT2D eigenvalue weighted by Gasteiger charge is 2.00. The summed E-state index contributed by atoms with van der Waals surface area (Å²) < 4.78 is 0.753. The van der Waals surface area contributed by atoms with Gasteiger partial charge in [0.05, 0.1) is 27.3 Å². The van der Waals surface area contributed by atoms with Crippen LogP contribution in [-0.4, -0.2) is 38.1 Å². The number of nitrogens with zero attached hydrogens (tertiary/aromatic N) is 1. The Hall–Kier alpha value is -1.09. The fourth-order valence-corrected chi connectivity index (χ4v) is 0.671. The zero-order chi connectivity index (χ0) is 10.5. The lowest BCUT2D eigenvalue weighted by molar-refractivity contribution is -0.817. The zero-order valence-electron chi connectivity index (χ0n) is 8.92. The molecule has 1 amide bonds. The second-order valence-electron chi connectivity index (χ2n) is 3.99. The van der Waals surface area contributed by atoms with Gasteiger partial charge in [0.25, 0.3) is 0 Å². The van der Waals surface area contributed by atoms with E-state index >= 15 is 0 Å². The molecule has 0 spiro atoms. The maximum absolute atomic E-state index is 11.0. The fraction of sp³-hybridized carbons (Fsp3) is 0.500. The van der Waals surface area contributed by atoms with Crippen LogP contribution >= 0.6 is 0 Å². The molecule has 0 saturated heterocycles. The van der Waals surface area contributed by atoms with Crippen molar-refractivity contribution in [3.05, 3.63) is 24.4 Å². The SMILES string of the molecule is C=C(C)C(=O)NCC=C[N+](C)(C)C. The molecule has 0 radical (unpaired) electrons. The standard InChI is InChI=1S/C10H18N2O/c1-9(2)10(13)11-7-6-8-12(3,4)5/h6,8H,1,7H2,2-5H3/p+1. The van der Waals surface area contributed by atoms with Crippen LogP contribution in [-0.2, 0) is 4.79 Å². The van der Waals surface area contributed by atoms with E-state index in [-0.39, 0.29) is 5.91 Å². The number of rotatable bonds is 4. The van der Waals surface area contributed by atoms with Crippen LogP contribution in [0.5, 0.6) is 0 Å². The van der Waals surface area contributed by atoms with Crippen LogP contribution in [0.1, 0.15) is 6.92 Å². The predicted molar refractivity (Wildman–Crippen MR) is 55.0 cm³/mol. The molecular weight excluding hydrogens is 164 g/mol. The van der Waals surface area contributed by atoms with Gasteiger partial charge in [-0.25, -0.2) is 0 Å². The highest BCUT2D eigenvalue weighted by atomic mass is 16.1. The third kappa shape index (κ3) is 7.28. The summed E-state index contributed by atoms with van der Waals surface area (Å²) in [6.45, 7) is 5.79. The molecule has 0 aromatic heterocycles. The average Bonchev–Trinajstić information content (AvgIpc) is 1.95. The first-order valence-corrected chi connectivity index (χ1v) is 4.25. The summed E-state index contributed by atoms with van der Waals surface area (Å²) in [7, 11) is 6.16. The van der Waals surface area contributed by atoms with Gasteiger partial charge in [0, 0.05) is 12.1 Å². The molecule has 0 heterocycles. The number of carbonyl (C=O) groups is 1. The Bertz CT molecular complexity index is 224. The summed E-state index contributed by atoms with van der Waals surface area (Å²) in [5.74, 6) is -0.0916. The van der Waals surface area contributed by atoms with E-state index < -0.39 is 0 Å². The lowest BCUT2D eigenvalue weighted by atomic mass is 10.3. The van der Waals surface area contributed by atoms with E-state index in [9.17, 15) is 4.79 Å². The maximum Gasteiger partial charge on any atom is 0.246 e. The Morgan fingerprint density at radius 3 is 2.38 bits per heavy atom. The van der Waals surface area contributed by atoms with Gasteiger partial charge in [-0.3, -0.25) is 4.79 Å². The van der Waals surface area contributed by atoms with E-state index in [4.69, 9.17) is 0 Å². The van der Waals surface area contributed by atoms with Crippen LogP contribution in [0.25, 0.3) is 0 Å². The summed E-state index contributed by atoms with van der Waals surface area (Å²) in [4.78, 5) is 11.0. The summed E-state index contributed by atoms with van der Waals surface area (Å²) in [5, 5.41) is 2.72. The van der Waals surface area contributed by atoms with Crippen LogP contribution in [0.4, 0.5) is 0 Å². The lowest BCUT2D eigenvalue weighted by Crippen LogP contribution is -2.28. The first-order valence-electron chi connectivity index (χ1n) is 4.25. The van der Waals surface area contributed by atoms with Gasteiger partial charge < -0.3 is 9.80 Å². The summed E-state index contributed by atoms with van der Waals surface area (Å²) in [6.07, 6.45) is 3.94. The van der Waals surface area contributed by atoms with Gasteiger partial charge in [-0.1, -0.05) is 6.58 Å². The molecule has 0 aliphatic heterocycles. The van der Waals surface area contributed by atoms with E-state index in [1.807, 2.05) is 12.3 Å². The van der Waals surface area contributed by atoms with Crippen LogP contribution in [0.3, 0.4) is 0 Å². The molecule has 0 saturated carbocycles. The minimum atomic E-state index is -0.0916. The topological polar surface area (TPSA) is 29.1 Å². The molecule has 0 unspecified atom stereocenters. The smallest absolute Gasteiger partial charge is 0.246 e. The molecule has 74 valence electrons. The second-order valence-corrected chi connectivity index (χ2v) is 3.99. The van der Waals surface area contributed by atoms with Gasteiger partial charge in [-0.2, -0.15) is 0 Å².